The Morgan fingerprint density at radius 1 is 1.12 bits per heavy atom. The number of thiophene rings is 1. The van der Waals surface area contributed by atoms with Crippen LogP contribution in [0.25, 0.3) is 22.7 Å². The molecule has 0 saturated heterocycles. The Morgan fingerprint density at radius 3 is 2.81 bits per heavy atom. The van der Waals surface area contributed by atoms with E-state index in [9.17, 15) is 4.79 Å². The molecule has 0 radical (unpaired) electrons. The van der Waals surface area contributed by atoms with Crippen molar-refractivity contribution in [2.45, 2.75) is 17.8 Å². The fraction of sp³-hybridized carbons (Fsp3) is 0.130. The summed E-state index contributed by atoms with van der Waals surface area (Å²) in [6, 6.07) is 15.2. The summed E-state index contributed by atoms with van der Waals surface area (Å²) in [7, 11) is 1.65. The molecular weight excluding hydrogens is 442 g/mol. The number of hydrogen-bond acceptors (Lipinski definition) is 7. The maximum absolute atomic E-state index is 12.6. The van der Waals surface area contributed by atoms with Crippen molar-refractivity contribution in [2.24, 2.45) is 0 Å². The summed E-state index contributed by atoms with van der Waals surface area (Å²) in [5.74, 6) is 1.94. The first-order chi connectivity index (χ1) is 15.6. The number of fused-ring (bicyclic) bond motifs is 1. The Kier molecular flexibility index (Phi) is 5.50. The molecule has 5 rings (SSSR count). The highest BCUT2D eigenvalue weighted by Crippen LogP contribution is 2.34. The second-order valence-corrected chi connectivity index (χ2v) is 8.86. The summed E-state index contributed by atoms with van der Waals surface area (Å²) < 4.78 is 9.15. The number of pyridine rings is 1. The van der Waals surface area contributed by atoms with Crippen LogP contribution in [0.2, 0.25) is 0 Å². The molecule has 0 fully saturated rings. The molecule has 0 aliphatic rings. The molecule has 9 heteroatoms. The normalized spacial score (nSPS) is 11.2. The van der Waals surface area contributed by atoms with Crippen molar-refractivity contribution in [1.29, 1.82) is 0 Å². The molecule has 1 aromatic carbocycles. The maximum Gasteiger partial charge on any atom is 0.258 e. The molecule has 160 valence electrons. The van der Waals surface area contributed by atoms with Gasteiger partial charge < -0.3 is 4.74 Å². The van der Waals surface area contributed by atoms with E-state index < -0.39 is 0 Å². The Hall–Kier alpha value is -3.43. The smallest absolute Gasteiger partial charge is 0.258 e. The zero-order valence-corrected chi connectivity index (χ0v) is 19.1. The van der Waals surface area contributed by atoms with Gasteiger partial charge in [0, 0.05) is 29.0 Å². The lowest BCUT2D eigenvalue weighted by molar-refractivity contribution is 0.412. The van der Waals surface area contributed by atoms with E-state index in [1.807, 2.05) is 64.7 Å². The van der Waals surface area contributed by atoms with E-state index in [2.05, 4.69) is 15.2 Å². The van der Waals surface area contributed by atoms with Crippen molar-refractivity contribution in [2.75, 3.05) is 7.11 Å². The molecule has 32 heavy (non-hydrogen) atoms. The lowest BCUT2D eigenvalue weighted by Crippen LogP contribution is -2.15. The van der Waals surface area contributed by atoms with Crippen molar-refractivity contribution < 1.29 is 4.74 Å². The number of benzene rings is 1. The highest BCUT2D eigenvalue weighted by molar-refractivity contribution is 7.98. The Morgan fingerprint density at radius 2 is 2.00 bits per heavy atom. The first kappa shape index (κ1) is 20.5. The molecule has 0 bridgehead atoms. The van der Waals surface area contributed by atoms with Crippen LogP contribution in [0.5, 0.6) is 5.75 Å². The number of thioether (sulfide) groups is 1. The van der Waals surface area contributed by atoms with Gasteiger partial charge in [-0.1, -0.05) is 30.0 Å². The summed E-state index contributed by atoms with van der Waals surface area (Å²) in [6.07, 6.45) is 1.80. The van der Waals surface area contributed by atoms with Gasteiger partial charge in [-0.15, -0.1) is 10.2 Å². The van der Waals surface area contributed by atoms with Crippen LogP contribution in [-0.4, -0.2) is 31.3 Å². The molecular formula is C23H19N5O2S2. The van der Waals surface area contributed by atoms with E-state index in [0.29, 0.717) is 22.3 Å². The molecule has 0 aliphatic heterocycles. The van der Waals surface area contributed by atoms with E-state index in [0.717, 1.165) is 28.4 Å². The number of rotatable bonds is 6. The van der Waals surface area contributed by atoms with E-state index in [1.165, 1.54) is 11.8 Å². The molecule has 0 amide bonds. The van der Waals surface area contributed by atoms with Crippen molar-refractivity contribution in [3.8, 4) is 22.8 Å². The summed E-state index contributed by atoms with van der Waals surface area (Å²) in [4.78, 5) is 17.2. The predicted molar refractivity (Wildman–Crippen MR) is 127 cm³/mol. The van der Waals surface area contributed by atoms with Gasteiger partial charge in [0.05, 0.1) is 18.5 Å². The summed E-state index contributed by atoms with van der Waals surface area (Å²) in [5, 5.41) is 13.7. The van der Waals surface area contributed by atoms with E-state index in [4.69, 9.17) is 4.74 Å². The van der Waals surface area contributed by atoms with E-state index in [-0.39, 0.29) is 5.56 Å². The highest BCUT2D eigenvalue weighted by Gasteiger charge is 2.19. The molecule has 0 spiro atoms. The number of methoxy groups -OCH3 is 1. The van der Waals surface area contributed by atoms with Crippen molar-refractivity contribution in [3.63, 3.8) is 0 Å². The van der Waals surface area contributed by atoms with Crippen molar-refractivity contribution in [3.05, 3.63) is 87.1 Å². The van der Waals surface area contributed by atoms with Crippen molar-refractivity contribution >= 4 is 28.7 Å². The molecule has 0 saturated carbocycles. The van der Waals surface area contributed by atoms with Gasteiger partial charge in [-0.2, -0.15) is 11.3 Å². The number of para-hydroxylation sites is 2. The molecule has 5 aromatic rings. The molecule has 0 atom stereocenters. The maximum atomic E-state index is 12.6. The quantitative estimate of drug-likeness (QED) is 0.344. The summed E-state index contributed by atoms with van der Waals surface area (Å²) >= 11 is 3.08. The van der Waals surface area contributed by atoms with Gasteiger partial charge in [0.15, 0.2) is 11.0 Å². The third kappa shape index (κ3) is 3.80. The van der Waals surface area contributed by atoms with Crippen LogP contribution in [0.1, 0.15) is 11.3 Å². The zero-order valence-electron chi connectivity index (χ0n) is 17.4. The van der Waals surface area contributed by atoms with Gasteiger partial charge in [0.25, 0.3) is 5.56 Å². The van der Waals surface area contributed by atoms with Crippen LogP contribution in [0.15, 0.2) is 75.4 Å². The van der Waals surface area contributed by atoms with Crippen LogP contribution < -0.4 is 10.3 Å². The Bertz CT molecular complexity index is 1460. The largest absolute Gasteiger partial charge is 0.495 e. The molecule has 4 aromatic heterocycles. The second-order valence-electron chi connectivity index (χ2n) is 7.13. The monoisotopic (exact) mass is 461 g/mol. The van der Waals surface area contributed by atoms with Crippen molar-refractivity contribution in [1.82, 2.24) is 24.1 Å². The van der Waals surface area contributed by atoms with E-state index in [1.54, 1.807) is 35.1 Å². The average Bonchev–Trinajstić information content (AvgIpc) is 3.48. The third-order valence-corrected chi connectivity index (χ3v) is 6.59. The highest BCUT2D eigenvalue weighted by atomic mass is 32.2. The lowest BCUT2D eigenvalue weighted by atomic mass is 10.2. The summed E-state index contributed by atoms with van der Waals surface area (Å²) in [5.41, 5.74) is 4.07. The second kappa shape index (κ2) is 8.60. The van der Waals surface area contributed by atoms with Gasteiger partial charge in [0.2, 0.25) is 0 Å². The fourth-order valence-corrected chi connectivity index (χ4v) is 4.92. The molecule has 0 unspecified atom stereocenters. The van der Waals surface area contributed by atoms with Crippen LogP contribution in [-0.2, 0) is 5.75 Å². The first-order valence-electron chi connectivity index (χ1n) is 9.87. The van der Waals surface area contributed by atoms with Crippen LogP contribution >= 0.6 is 23.1 Å². The molecule has 4 heterocycles. The minimum Gasteiger partial charge on any atom is -0.495 e. The summed E-state index contributed by atoms with van der Waals surface area (Å²) in [6.45, 7) is 1.95. The Balaban J connectivity index is 1.54. The SMILES string of the molecule is COc1ccccc1-n1c(SCc2cc(=O)n3cc(C)ccc3n2)nnc1-c1ccsc1. The van der Waals surface area contributed by atoms with E-state index >= 15 is 0 Å². The van der Waals surface area contributed by atoms with Crippen LogP contribution in [0.4, 0.5) is 0 Å². The van der Waals surface area contributed by atoms with Gasteiger partial charge in [-0.3, -0.25) is 13.8 Å². The number of nitrogens with zero attached hydrogens (tertiary/aromatic N) is 5. The van der Waals surface area contributed by atoms with Gasteiger partial charge in [-0.25, -0.2) is 4.98 Å². The first-order valence-corrected chi connectivity index (χ1v) is 11.8. The lowest BCUT2D eigenvalue weighted by Gasteiger charge is -2.13. The molecule has 0 N–H and O–H groups in total. The number of ether oxygens (including phenoxy) is 1. The predicted octanol–water partition coefficient (Wildman–Crippen LogP) is 4.61. The average molecular weight is 462 g/mol. The standard InChI is InChI=1S/C23H19N5O2S2/c1-15-7-8-20-24-17(11-21(29)27(20)12-15)14-32-23-26-25-22(16-9-10-31-13-16)28(23)18-5-3-4-6-19(18)30-2/h3-13H,14H2,1-2H3. The van der Waals surface area contributed by atoms with Crippen LogP contribution in [0, 0.1) is 6.92 Å². The zero-order chi connectivity index (χ0) is 22.1. The van der Waals surface area contributed by atoms with Gasteiger partial charge in [0.1, 0.15) is 11.4 Å². The fourth-order valence-electron chi connectivity index (χ4n) is 3.44. The third-order valence-electron chi connectivity index (χ3n) is 4.95. The minimum atomic E-state index is -0.0977. The molecule has 0 aliphatic carbocycles. The number of aryl methyl sites for hydroxylation is 1. The Labute approximate surface area is 192 Å². The van der Waals surface area contributed by atoms with Crippen LogP contribution in [0.3, 0.4) is 0 Å². The number of hydrogen-bond donors (Lipinski definition) is 0. The van der Waals surface area contributed by atoms with Gasteiger partial charge >= 0.3 is 0 Å². The molecule has 7 nitrogen and oxygen atoms in total. The van der Waals surface area contributed by atoms with Gasteiger partial charge in [-0.05, 0) is 42.1 Å². The minimum absolute atomic E-state index is 0.0977. The number of aromatic nitrogens is 5. The topological polar surface area (TPSA) is 74.3 Å².